The lowest BCUT2D eigenvalue weighted by Gasteiger charge is -2.25. The van der Waals surface area contributed by atoms with Crippen LogP contribution < -0.4 is 4.90 Å². The Balaban J connectivity index is 1.08. The highest BCUT2D eigenvalue weighted by Crippen LogP contribution is 2.55. The average molecular weight is 812 g/mol. The molecule has 302 valence electrons. The van der Waals surface area contributed by atoms with Gasteiger partial charge in [-0.2, -0.15) is 9.97 Å². The van der Waals surface area contributed by atoms with E-state index in [4.69, 9.17) is 15.0 Å². The third-order valence-corrected chi connectivity index (χ3v) is 13.8. The van der Waals surface area contributed by atoms with Crippen LogP contribution in [0, 0.1) is 19.1 Å². The van der Waals surface area contributed by atoms with Crippen molar-refractivity contribution < 1.29 is 0 Å². The predicted molar refractivity (Wildman–Crippen MR) is 258 cm³/mol. The second-order valence-electron chi connectivity index (χ2n) is 17.9. The molecule has 0 amide bonds. The lowest BCUT2D eigenvalue weighted by atomic mass is 9.82. The summed E-state index contributed by atoms with van der Waals surface area (Å²) in [6.07, 6.45) is 16.7. The minimum atomic E-state index is -0.157. The van der Waals surface area contributed by atoms with E-state index in [0.29, 0.717) is 11.8 Å². The van der Waals surface area contributed by atoms with Crippen molar-refractivity contribution in [3.63, 3.8) is 0 Å². The van der Waals surface area contributed by atoms with Crippen LogP contribution in [0.4, 0.5) is 11.6 Å². The number of fused-ring (bicyclic) bond motifs is 10. The van der Waals surface area contributed by atoms with Crippen molar-refractivity contribution in [3.8, 4) is 28.2 Å². The van der Waals surface area contributed by atoms with E-state index < -0.39 is 0 Å². The molecule has 6 aromatic carbocycles. The summed E-state index contributed by atoms with van der Waals surface area (Å²) in [6, 6.07) is 48.5. The van der Waals surface area contributed by atoms with Gasteiger partial charge in [0.25, 0.3) is 0 Å². The molecule has 1 aliphatic heterocycles. The molecule has 3 aliphatic carbocycles. The van der Waals surface area contributed by atoms with Crippen LogP contribution in [-0.2, 0) is 11.8 Å². The minimum Gasteiger partial charge on any atom is -0.306 e. The number of nitrogens with zero attached hydrogens (tertiary/aromatic N) is 5. The van der Waals surface area contributed by atoms with Crippen molar-refractivity contribution in [3.05, 3.63) is 215 Å². The predicted octanol–water partition coefficient (Wildman–Crippen LogP) is 13.9. The quantitative estimate of drug-likeness (QED) is 0.161. The van der Waals surface area contributed by atoms with E-state index in [1.165, 1.54) is 44.6 Å². The largest absolute Gasteiger partial charge is 0.306 e. The van der Waals surface area contributed by atoms with Crippen LogP contribution in [0.5, 0.6) is 0 Å². The summed E-state index contributed by atoms with van der Waals surface area (Å²) >= 11 is 0. The molecule has 1 atom stereocenters. The van der Waals surface area contributed by atoms with E-state index in [0.717, 1.165) is 87.0 Å². The van der Waals surface area contributed by atoms with E-state index >= 15 is 0 Å². The smallest absolute Gasteiger partial charge is 0.238 e. The van der Waals surface area contributed by atoms with Gasteiger partial charge in [0.2, 0.25) is 5.95 Å². The molecule has 0 fully saturated rings. The molecule has 0 saturated carbocycles. The van der Waals surface area contributed by atoms with Gasteiger partial charge in [0, 0.05) is 33.7 Å². The van der Waals surface area contributed by atoms with Crippen LogP contribution in [0.1, 0.15) is 78.2 Å². The molecule has 2 aromatic heterocycles. The summed E-state index contributed by atoms with van der Waals surface area (Å²) in [5, 5.41) is 2.14. The van der Waals surface area contributed by atoms with Crippen LogP contribution in [0.25, 0.3) is 61.2 Å². The Morgan fingerprint density at radius 3 is 2.54 bits per heavy atom. The second-order valence-corrected chi connectivity index (χ2v) is 17.9. The van der Waals surface area contributed by atoms with Crippen molar-refractivity contribution in [2.45, 2.75) is 57.8 Å². The van der Waals surface area contributed by atoms with Crippen LogP contribution in [0.2, 0.25) is 0 Å². The molecule has 12 rings (SSSR count). The topological polar surface area (TPSA) is 46.8 Å². The van der Waals surface area contributed by atoms with Crippen LogP contribution >= 0.6 is 0 Å². The lowest BCUT2D eigenvalue weighted by molar-refractivity contribution is 0.660. The Labute approximate surface area is 368 Å². The van der Waals surface area contributed by atoms with Gasteiger partial charge in [-0.25, -0.2) is 4.98 Å². The van der Waals surface area contributed by atoms with Gasteiger partial charge in [0.15, 0.2) is 11.6 Å². The normalized spacial score (nSPS) is 16.6. The van der Waals surface area contributed by atoms with E-state index in [2.05, 4.69) is 195 Å². The number of aryl methyl sites for hydroxylation is 1. The van der Waals surface area contributed by atoms with Gasteiger partial charge in [0.1, 0.15) is 0 Å². The number of hydrogen-bond acceptors (Lipinski definition) is 4. The summed E-state index contributed by atoms with van der Waals surface area (Å²) in [4.78, 5) is 18.6. The average Bonchev–Trinajstić information content (AvgIpc) is 3.93. The SMILES string of the molecule is C=C(Cc1ccccc1C)c1cccc(-n2c3ccc#cc3c3ccc4c(c32)N(c2nc(C3=CC=CCC3)nc(-c3ccc5c(c3)C(C)(C)c3ccccc3-5)n2)C2=CC=CCC24)c1. The molecule has 8 aromatic rings. The molecule has 0 radical (unpaired) electrons. The second kappa shape index (κ2) is 14.3. The standard InChI is InChI=1S/C58H45N5/c1-36-17-8-9-20-39(36)33-37(2)40-21-16-22-42(34-40)62-51-27-14-11-24-45(51)47-31-32-48-46-25-12-15-28-52(46)63(54(48)53(47)62)57-60-55(38-18-6-5-7-19-38)59-56(61-57)41-29-30-44-43-23-10-13-26-49(43)58(3,4)50(44)35-41/h5-6,8-10,12-18,20-23,26-32,34-35,46H,2,7,19,25,33H2,1,3-4H3. The maximum absolute atomic E-state index is 5.50. The third-order valence-electron chi connectivity index (χ3n) is 13.8. The molecule has 0 saturated heterocycles. The number of allylic oxidation sites excluding steroid dienone is 9. The molecule has 0 N–H and O–H groups in total. The first-order chi connectivity index (χ1) is 30.8. The number of benzene rings is 5. The van der Waals surface area contributed by atoms with Gasteiger partial charge in [-0.15, -0.1) is 0 Å². The van der Waals surface area contributed by atoms with Gasteiger partial charge < -0.3 is 4.57 Å². The Kier molecular flexibility index (Phi) is 8.43. The summed E-state index contributed by atoms with van der Waals surface area (Å²) in [6.45, 7) is 11.4. The molecule has 4 aliphatic rings. The fraction of sp³-hybridized carbons (Fsp3) is 0.155. The van der Waals surface area contributed by atoms with Crippen molar-refractivity contribution in [1.82, 2.24) is 19.5 Å². The van der Waals surface area contributed by atoms with Gasteiger partial charge >= 0.3 is 0 Å². The van der Waals surface area contributed by atoms with Gasteiger partial charge in [-0.05, 0) is 125 Å². The van der Waals surface area contributed by atoms with E-state index in [1.807, 2.05) is 6.07 Å². The summed E-state index contributed by atoms with van der Waals surface area (Å²) in [5.74, 6) is 2.15. The molecular weight excluding hydrogens is 767 g/mol. The molecule has 1 unspecified atom stereocenters. The number of rotatable bonds is 7. The van der Waals surface area contributed by atoms with Crippen LogP contribution in [-0.4, -0.2) is 19.5 Å². The molecular formula is C58H45N5. The van der Waals surface area contributed by atoms with E-state index in [9.17, 15) is 0 Å². The molecule has 5 nitrogen and oxygen atoms in total. The zero-order valence-electron chi connectivity index (χ0n) is 35.8. The van der Waals surface area contributed by atoms with Crippen LogP contribution in [0.15, 0.2) is 164 Å². The third kappa shape index (κ3) is 5.82. The van der Waals surface area contributed by atoms with Crippen LogP contribution in [0.3, 0.4) is 0 Å². The maximum Gasteiger partial charge on any atom is 0.238 e. The fourth-order valence-electron chi connectivity index (χ4n) is 10.6. The summed E-state index contributed by atoms with van der Waals surface area (Å²) < 4.78 is 2.41. The number of anilines is 2. The van der Waals surface area contributed by atoms with Gasteiger partial charge in [-0.1, -0.05) is 148 Å². The monoisotopic (exact) mass is 811 g/mol. The first kappa shape index (κ1) is 37.2. The van der Waals surface area contributed by atoms with Crippen molar-refractivity contribution in [1.29, 1.82) is 0 Å². The lowest BCUT2D eigenvalue weighted by Crippen LogP contribution is -2.20. The zero-order chi connectivity index (χ0) is 42.4. The Hall–Kier alpha value is -7.55. The highest BCUT2D eigenvalue weighted by molar-refractivity contribution is 6.15. The van der Waals surface area contributed by atoms with Crippen molar-refractivity contribution in [2.75, 3.05) is 4.90 Å². The first-order valence-electron chi connectivity index (χ1n) is 22.1. The number of hydrogen-bond donors (Lipinski definition) is 0. The Bertz CT molecular complexity index is 3370. The van der Waals surface area contributed by atoms with Crippen molar-refractivity contribution >= 4 is 44.6 Å². The number of aromatic nitrogens is 4. The van der Waals surface area contributed by atoms with Gasteiger partial charge in [0.05, 0.1) is 22.1 Å². The van der Waals surface area contributed by atoms with Gasteiger partial charge in [-0.3, -0.25) is 4.90 Å². The molecule has 5 heteroatoms. The first-order valence-corrected chi connectivity index (χ1v) is 22.1. The highest BCUT2D eigenvalue weighted by Gasteiger charge is 2.40. The molecule has 63 heavy (non-hydrogen) atoms. The molecule has 0 bridgehead atoms. The molecule has 3 heterocycles. The Morgan fingerprint density at radius 1 is 0.810 bits per heavy atom. The highest BCUT2D eigenvalue weighted by atomic mass is 15.3. The fourth-order valence-corrected chi connectivity index (χ4v) is 10.6. The maximum atomic E-state index is 5.50. The van der Waals surface area contributed by atoms with E-state index in [1.54, 1.807) is 0 Å². The summed E-state index contributed by atoms with van der Waals surface area (Å²) in [5.41, 5.74) is 18.7. The zero-order valence-corrected chi connectivity index (χ0v) is 35.8. The Morgan fingerprint density at radius 2 is 1.65 bits per heavy atom. The van der Waals surface area contributed by atoms with E-state index in [-0.39, 0.29) is 11.3 Å². The molecule has 0 spiro atoms. The van der Waals surface area contributed by atoms with Crippen molar-refractivity contribution in [2.24, 2.45) is 0 Å². The summed E-state index contributed by atoms with van der Waals surface area (Å²) in [7, 11) is 0. The minimum absolute atomic E-state index is 0.136.